The van der Waals surface area contributed by atoms with E-state index < -0.39 is 0 Å². The van der Waals surface area contributed by atoms with Gasteiger partial charge in [0, 0.05) is 17.4 Å². The summed E-state index contributed by atoms with van der Waals surface area (Å²) in [5.74, 6) is 1.36. The second kappa shape index (κ2) is 7.51. The number of anilines is 1. The molecule has 0 atom stereocenters. The standard InChI is InChI=1S/C18H19N3O2S/c1-3-24-14-7-4-12(5-8-14)13-6-9-15-16(10-13)20-21-18(15)19-17(22)11-23-2/h4-10H,3,11H2,1-2H3,(H2,19,20,21,22). The van der Waals surface area contributed by atoms with Gasteiger partial charge in [-0.2, -0.15) is 5.10 Å². The van der Waals surface area contributed by atoms with Crippen molar-refractivity contribution in [2.45, 2.75) is 11.8 Å². The van der Waals surface area contributed by atoms with Crippen LogP contribution < -0.4 is 5.32 Å². The van der Waals surface area contributed by atoms with Crippen LogP contribution in [0.25, 0.3) is 22.0 Å². The molecule has 1 amide bonds. The Morgan fingerprint density at radius 3 is 2.67 bits per heavy atom. The van der Waals surface area contributed by atoms with Gasteiger partial charge in [-0.1, -0.05) is 25.1 Å². The van der Waals surface area contributed by atoms with Crippen LogP contribution in [0.3, 0.4) is 0 Å². The van der Waals surface area contributed by atoms with Gasteiger partial charge in [0.25, 0.3) is 5.91 Å². The minimum absolute atomic E-state index is 0.00849. The number of thioether (sulfide) groups is 1. The van der Waals surface area contributed by atoms with Crippen molar-refractivity contribution < 1.29 is 9.53 Å². The molecule has 0 aliphatic rings. The van der Waals surface area contributed by atoms with Crippen molar-refractivity contribution in [3.05, 3.63) is 42.5 Å². The number of amides is 1. The Labute approximate surface area is 144 Å². The van der Waals surface area contributed by atoms with Gasteiger partial charge in [-0.15, -0.1) is 11.8 Å². The molecule has 0 spiro atoms. The van der Waals surface area contributed by atoms with E-state index in [1.165, 1.54) is 12.0 Å². The van der Waals surface area contributed by atoms with Crippen LogP contribution in [0.2, 0.25) is 0 Å². The Balaban J connectivity index is 1.85. The van der Waals surface area contributed by atoms with Gasteiger partial charge in [0.2, 0.25) is 0 Å². The molecule has 24 heavy (non-hydrogen) atoms. The number of nitrogens with zero attached hydrogens (tertiary/aromatic N) is 1. The number of aromatic nitrogens is 2. The first-order chi connectivity index (χ1) is 11.7. The third-order valence-corrected chi connectivity index (χ3v) is 4.49. The van der Waals surface area contributed by atoms with Crippen LogP contribution in [0, 0.1) is 0 Å². The lowest BCUT2D eigenvalue weighted by molar-refractivity contribution is -0.119. The first-order valence-corrected chi connectivity index (χ1v) is 8.70. The lowest BCUT2D eigenvalue weighted by atomic mass is 10.0. The third kappa shape index (κ3) is 3.60. The van der Waals surface area contributed by atoms with Crippen molar-refractivity contribution in [1.29, 1.82) is 0 Å². The molecule has 0 unspecified atom stereocenters. The lowest BCUT2D eigenvalue weighted by Gasteiger charge is -2.05. The van der Waals surface area contributed by atoms with Gasteiger partial charge in [0.05, 0.1) is 5.52 Å². The van der Waals surface area contributed by atoms with Crippen molar-refractivity contribution >= 4 is 34.4 Å². The van der Waals surface area contributed by atoms with Crippen molar-refractivity contribution in [1.82, 2.24) is 10.2 Å². The van der Waals surface area contributed by atoms with E-state index in [4.69, 9.17) is 4.74 Å². The van der Waals surface area contributed by atoms with Crippen molar-refractivity contribution in [2.75, 3.05) is 24.8 Å². The second-order valence-corrected chi connectivity index (χ2v) is 6.61. The third-order valence-electron chi connectivity index (χ3n) is 3.59. The molecule has 1 aromatic heterocycles. The number of rotatable bonds is 6. The molecule has 0 aliphatic carbocycles. The molecule has 0 bridgehead atoms. The Morgan fingerprint density at radius 1 is 1.21 bits per heavy atom. The molecular weight excluding hydrogens is 322 g/mol. The van der Waals surface area contributed by atoms with Crippen LogP contribution in [-0.4, -0.2) is 35.6 Å². The van der Waals surface area contributed by atoms with E-state index in [0.29, 0.717) is 5.82 Å². The molecule has 124 valence electrons. The molecule has 2 aromatic carbocycles. The highest BCUT2D eigenvalue weighted by Gasteiger charge is 2.10. The Bertz CT molecular complexity index is 843. The fourth-order valence-corrected chi connectivity index (χ4v) is 3.17. The maximum atomic E-state index is 11.6. The summed E-state index contributed by atoms with van der Waals surface area (Å²) < 4.78 is 4.82. The van der Waals surface area contributed by atoms with Gasteiger partial charge in [0.15, 0.2) is 5.82 Å². The van der Waals surface area contributed by atoms with E-state index in [2.05, 4.69) is 46.7 Å². The maximum Gasteiger partial charge on any atom is 0.251 e. The van der Waals surface area contributed by atoms with Gasteiger partial charge >= 0.3 is 0 Å². The quantitative estimate of drug-likeness (QED) is 0.667. The van der Waals surface area contributed by atoms with Crippen LogP contribution in [-0.2, 0) is 9.53 Å². The molecule has 1 heterocycles. The van der Waals surface area contributed by atoms with Crippen molar-refractivity contribution in [3.8, 4) is 11.1 Å². The number of H-pyrrole nitrogens is 1. The predicted octanol–water partition coefficient (Wildman–Crippen LogP) is 3.93. The largest absolute Gasteiger partial charge is 0.375 e. The maximum absolute atomic E-state index is 11.6. The fourth-order valence-electron chi connectivity index (χ4n) is 2.50. The van der Waals surface area contributed by atoms with Gasteiger partial charge in [0.1, 0.15) is 6.61 Å². The fraction of sp³-hybridized carbons (Fsp3) is 0.222. The average molecular weight is 341 g/mol. The molecular formula is C18H19N3O2S. The number of hydrogen-bond acceptors (Lipinski definition) is 4. The van der Waals surface area contributed by atoms with Crippen LogP contribution in [0.15, 0.2) is 47.4 Å². The zero-order valence-electron chi connectivity index (χ0n) is 13.6. The Kier molecular flexibility index (Phi) is 5.17. The number of hydrogen-bond donors (Lipinski definition) is 2. The van der Waals surface area contributed by atoms with E-state index in [1.54, 1.807) is 0 Å². The van der Waals surface area contributed by atoms with E-state index in [-0.39, 0.29) is 12.5 Å². The van der Waals surface area contributed by atoms with Gasteiger partial charge in [-0.25, -0.2) is 0 Å². The van der Waals surface area contributed by atoms with E-state index in [9.17, 15) is 4.79 Å². The van der Waals surface area contributed by atoms with Gasteiger partial charge in [-0.3, -0.25) is 9.89 Å². The second-order valence-electron chi connectivity index (χ2n) is 5.27. The SMILES string of the molecule is CCSc1ccc(-c2ccc3c(NC(=O)COC)n[nH]c3c2)cc1. The highest BCUT2D eigenvalue weighted by Crippen LogP contribution is 2.28. The normalized spacial score (nSPS) is 10.9. The molecule has 0 radical (unpaired) electrons. The van der Waals surface area contributed by atoms with Crippen LogP contribution in [0.4, 0.5) is 5.82 Å². The summed E-state index contributed by atoms with van der Waals surface area (Å²) in [5, 5.41) is 10.8. The molecule has 5 nitrogen and oxygen atoms in total. The molecule has 0 fully saturated rings. The highest BCUT2D eigenvalue weighted by atomic mass is 32.2. The summed E-state index contributed by atoms with van der Waals surface area (Å²) in [6.07, 6.45) is 0. The highest BCUT2D eigenvalue weighted by molar-refractivity contribution is 7.99. The van der Waals surface area contributed by atoms with Crippen molar-refractivity contribution in [2.24, 2.45) is 0 Å². The van der Waals surface area contributed by atoms with E-state index in [1.807, 2.05) is 30.0 Å². The summed E-state index contributed by atoms with van der Waals surface area (Å²) in [7, 11) is 1.48. The number of carbonyl (C=O) groups is 1. The number of nitrogens with one attached hydrogen (secondary N) is 2. The van der Waals surface area contributed by atoms with E-state index >= 15 is 0 Å². The minimum Gasteiger partial charge on any atom is -0.375 e. The molecule has 3 rings (SSSR count). The first-order valence-electron chi connectivity index (χ1n) is 7.71. The van der Waals surface area contributed by atoms with Crippen molar-refractivity contribution in [3.63, 3.8) is 0 Å². The molecule has 0 saturated carbocycles. The summed E-state index contributed by atoms with van der Waals surface area (Å²) in [4.78, 5) is 12.9. The van der Waals surface area contributed by atoms with Gasteiger partial charge in [-0.05, 0) is 41.1 Å². The Morgan fingerprint density at radius 2 is 1.96 bits per heavy atom. The number of ether oxygens (including phenoxy) is 1. The first kappa shape index (κ1) is 16.5. The zero-order valence-corrected chi connectivity index (χ0v) is 14.4. The number of methoxy groups -OCH3 is 1. The van der Waals surface area contributed by atoms with Crippen LogP contribution in [0.1, 0.15) is 6.92 Å². The van der Waals surface area contributed by atoms with Crippen LogP contribution >= 0.6 is 11.8 Å². The van der Waals surface area contributed by atoms with Gasteiger partial charge < -0.3 is 10.1 Å². The summed E-state index contributed by atoms with van der Waals surface area (Å²) >= 11 is 1.83. The lowest BCUT2D eigenvalue weighted by Crippen LogP contribution is -2.17. The predicted molar refractivity (Wildman–Crippen MR) is 98.4 cm³/mol. The molecule has 2 N–H and O–H groups in total. The average Bonchev–Trinajstić information content (AvgIpc) is 2.98. The molecule has 3 aromatic rings. The summed E-state index contributed by atoms with van der Waals surface area (Å²) in [6.45, 7) is 2.16. The zero-order chi connectivity index (χ0) is 16.9. The molecule has 6 heteroatoms. The summed E-state index contributed by atoms with van der Waals surface area (Å²) in [5.41, 5.74) is 3.14. The Hall–Kier alpha value is -2.31. The number of benzene rings is 2. The number of carbonyl (C=O) groups excluding carboxylic acids is 1. The molecule has 0 aliphatic heterocycles. The summed E-state index contributed by atoms with van der Waals surface area (Å²) in [6, 6.07) is 14.6. The van der Waals surface area contributed by atoms with E-state index in [0.717, 1.165) is 27.8 Å². The monoisotopic (exact) mass is 341 g/mol. The minimum atomic E-state index is -0.223. The number of fused-ring (bicyclic) bond motifs is 1. The smallest absolute Gasteiger partial charge is 0.251 e. The van der Waals surface area contributed by atoms with Crippen LogP contribution in [0.5, 0.6) is 0 Å². The molecule has 0 saturated heterocycles. The topological polar surface area (TPSA) is 67.0 Å². The number of aromatic amines is 1.